The van der Waals surface area contributed by atoms with Crippen molar-refractivity contribution in [3.8, 4) is 5.75 Å². The molecule has 0 bridgehead atoms. The molecule has 5 heteroatoms. The summed E-state index contributed by atoms with van der Waals surface area (Å²) < 4.78 is 7.05. The highest BCUT2D eigenvalue weighted by Crippen LogP contribution is 2.25. The quantitative estimate of drug-likeness (QED) is 0.847. The van der Waals surface area contributed by atoms with Crippen LogP contribution in [0.3, 0.4) is 0 Å². The van der Waals surface area contributed by atoms with E-state index >= 15 is 0 Å². The van der Waals surface area contributed by atoms with E-state index in [1.807, 2.05) is 23.0 Å². The maximum atomic E-state index is 11.7. The van der Waals surface area contributed by atoms with Gasteiger partial charge in [-0.2, -0.15) is 5.10 Å². The Morgan fingerprint density at radius 2 is 2.17 bits per heavy atom. The van der Waals surface area contributed by atoms with Crippen molar-refractivity contribution in [2.45, 2.75) is 19.8 Å². The summed E-state index contributed by atoms with van der Waals surface area (Å²) in [6, 6.07) is 7.33. The van der Waals surface area contributed by atoms with Crippen molar-refractivity contribution in [3.63, 3.8) is 0 Å². The van der Waals surface area contributed by atoms with Gasteiger partial charge in [-0.3, -0.25) is 4.79 Å². The van der Waals surface area contributed by atoms with Crippen LogP contribution in [0.4, 0.5) is 11.5 Å². The summed E-state index contributed by atoms with van der Waals surface area (Å²) in [6.07, 6.45) is 10.4. The van der Waals surface area contributed by atoms with E-state index in [4.69, 9.17) is 4.74 Å². The van der Waals surface area contributed by atoms with E-state index in [1.165, 1.54) is 6.92 Å². The van der Waals surface area contributed by atoms with Crippen LogP contribution >= 0.6 is 0 Å². The molecule has 0 amide bonds. The van der Waals surface area contributed by atoms with Gasteiger partial charge in [-0.05, 0) is 44.0 Å². The van der Waals surface area contributed by atoms with Gasteiger partial charge in [0, 0.05) is 18.0 Å². The highest BCUT2D eigenvalue weighted by molar-refractivity contribution is 5.98. The highest BCUT2D eigenvalue weighted by atomic mass is 16.5. The molecule has 118 valence electrons. The van der Waals surface area contributed by atoms with Gasteiger partial charge in [0.1, 0.15) is 5.75 Å². The first kappa shape index (κ1) is 15.1. The fourth-order valence-corrected chi connectivity index (χ4v) is 2.51. The number of Topliss-reactive ketones (excluding diaryl/α,β-unsaturated/α-hetero) is 1. The third kappa shape index (κ3) is 3.34. The minimum atomic E-state index is -0.0338. The number of hydrogen-bond donors (Lipinski definition) is 1. The van der Waals surface area contributed by atoms with Crippen molar-refractivity contribution in [1.29, 1.82) is 0 Å². The van der Waals surface area contributed by atoms with Gasteiger partial charge in [0.05, 0.1) is 18.4 Å². The Bertz CT molecular complexity index is 787. The predicted molar refractivity (Wildman–Crippen MR) is 91.2 cm³/mol. The predicted octanol–water partition coefficient (Wildman–Crippen LogP) is 4.03. The third-order valence-corrected chi connectivity index (χ3v) is 3.68. The van der Waals surface area contributed by atoms with E-state index in [-0.39, 0.29) is 5.78 Å². The van der Waals surface area contributed by atoms with Crippen LogP contribution in [-0.2, 0) is 0 Å². The molecule has 0 saturated carbocycles. The fourth-order valence-electron chi connectivity index (χ4n) is 2.51. The molecule has 1 aromatic heterocycles. The number of carbonyl (C=O) groups excluding carboxylic acids is 1. The van der Waals surface area contributed by atoms with Gasteiger partial charge in [0.2, 0.25) is 0 Å². The Morgan fingerprint density at radius 3 is 2.87 bits per heavy atom. The maximum Gasteiger partial charge on any atom is 0.163 e. The minimum Gasteiger partial charge on any atom is -0.496 e. The largest absolute Gasteiger partial charge is 0.496 e. The van der Waals surface area contributed by atoms with Crippen LogP contribution in [0.2, 0.25) is 0 Å². The molecule has 0 spiro atoms. The van der Waals surface area contributed by atoms with Gasteiger partial charge in [0.25, 0.3) is 0 Å². The molecule has 0 saturated heterocycles. The van der Waals surface area contributed by atoms with Gasteiger partial charge < -0.3 is 10.1 Å². The third-order valence-electron chi connectivity index (χ3n) is 3.68. The number of ether oxygens (including phenoxy) is 1. The van der Waals surface area contributed by atoms with Crippen molar-refractivity contribution in [3.05, 3.63) is 54.3 Å². The summed E-state index contributed by atoms with van der Waals surface area (Å²) in [4.78, 5) is 11.7. The molecule has 1 aliphatic rings. The molecule has 1 N–H and O–H groups in total. The maximum absolute atomic E-state index is 11.7. The first-order valence-electron chi connectivity index (χ1n) is 7.56. The number of rotatable bonds is 5. The lowest BCUT2D eigenvalue weighted by atomic mass is 10.1. The molecule has 5 nitrogen and oxygen atoms in total. The van der Waals surface area contributed by atoms with Crippen LogP contribution in [0.5, 0.6) is 5.75 Å². The number of benzene rings is 1. The summed E-state index contributed by atoms with van der Waals surface area (Å²) >= 11 is 0. The Kier molecular flexibility index (Phi) is 4.28. The Labute approximate surface area is 135 Å². The number of nitrogens with one attached hydrogen (secondary N) is 1. The number of nitrogens with zero attached hydrogens (tertiary/aromatic N) is 2. The highest BCUT2D eigenvalue weighted by Gasteiger charge is 2.10. The standard InChI is InChI=1S/C18H19N3O2/c1-13(22)16-12-14(8-9-17(16)23-2)19-18-10-11-21(20-18)15-6-4-3-5-7-15/h4,6-12H,3,5H2,1-2H3,(H,19,20). The van der Waals surface area contributed by atoms with Crippen LogP contribution in [-0.4, -0.2) is 22.7 Å². The lowest BCUT2D eigenvalue weighted by molar-refractivity contribution is 0.101. The Balaban J connectivity index is 1.81. The molecule has 1 heterocycles. The zero-order valence-electron chi connectivity index (χ0n) is 13.2. The van der Waals surface area contributed by atoms with Crippen molar-refractivity contribution in [1.82, 2.24) is 9.78 Å². The Hall–Kier alpha value is -2.82. The van der Waals surface area contributed by atoms with Crippen LogP contribution in [0.25, 0.3) is 5.70 Å². The average Bonchev–Trinajstić information content (AvgIpc) is 3.04. The molecule has 0 unspecified atom stereocenters. The van der Waals surface area contributed by atoms with Crippen molar-refractivity contribution in [2.24, 2.45) is 0 Å². The number of ketones is 1. The molecule has 0 radical (unpaired) electrons. The van der Waals surface area contributed by atoms with E-state index in [1.54, 1.807) is 19.2 Å². The van der Waals surface area contributed by atoms with Crippen LogP contribution in [0, 0.1) is 0 Å². The normalized spacial score (nSPS) is 13.6. The second kappa shape index (κ2) is 6.52. The lowest BCUT2D eigenvalue weighted by Crippen LogP contribution is -2.01. The second-order valence-electron chi connectivity index (χ2n) is 5.35. The SMILES string of the molecule is COc1ccc(Nc2ccn(C3=CCCC=C3)n2)cc1C(C)=O. The van der Waals surface area contributed by atoms with Gasteiger partial charge in [0.15, 0.2) is 11.6 Å². The molecule has 1 aromatic carbocycles. The molecule has 3 rings (SSSR count). The monoisotopic (exact) mass is 309 g/mol. The Morgan fingerprint density at radius 1 is 1.30 bits per heavy atom. The molecule has 0 fully saturated rings. The van der Waals surface area contributed by atoms with Crippen molar-refractivity contribution in [2.75, 3.05) is 12.4 Å². The van der Waals surface area contributed by atoms with E-state index in [2.05, 4.69) is 28.6 Å². The minimum absolute atomic E-state index is 0.0338. The summed E-state index contributed by atoms with van der Waals surface area (Å²) in [7, 11) is 1.56. The number of anilines is 2. The number of aromatic nitrogens is 2. The van der Waals surface area contributed by atoms with Crippen LogP contribution < -0.4 is 10.1 Å². The van der Waals surface area contributed by atoms with E-state index in [0.717, 1.165) is 30.0 Å². The molecule has 1 aliphatic carbocycles. The molecular formula is C18H19N3O2. The van der Waals surface area contributed by atoms with E-state index in [9.17, 15) is 4.79 Å². The molecule has 0 atom stereocenters. The van der Waals surface area contributed by atoms with Crippen molar-refractivity contribution < 1.29 is 9.53 Å². The van der Waals surface area contributed by atoms with E-state index in [0.29, 0.717) is 11.3 Å². The summed E-state index contributed by atoms with van der Waals surface area (Å²) in [5.41, 5.74) is 2.42. The van der Waals surface area contributed by atoms with Crippen molar-refractivity contribution >= 4 is 23.0 Å². The smallest absolute Gasteiger partial charge is 0.163 e. The topological polar surface area (TPSA) is 56.1 Å². The van der Waals surface area contributed by atoms with Gasteiger partial charge >= 0.3 is 0 Å². The molecule has 23 heavy (non-hydrogen) atoms. The number of carbonyl (C=O) groups is 1. The van der Waals surface area contributed by atoms with E-state index < -0.39 is 0 Å². The average molecular weight is 309 g/mol. The number of hydrogen-bond acceptors (Lipinski definition) is 4. The zero-order chi connectivity index (χ0) is 16.2. The molecular weight excluding hydrogens is 290 g/mol. The number of methoxy groups -OCH3 is 1. The lowest BCUT2D eigenvalue weighted by Gasteiger charge is -2.09. The van der Waals surface area contributed by atoms with Gasteiger partial charge in [-0.15, -0.1) is 0 Å². The fraction of sp³-hybridized carbons (Fsp3) is 0.222. The second-order valence-corrected chi connectivity index (χ2v) is 5.35. The van der Waals surface area contributed by atoms with Crippen LogP contribution in [0.1, 0.15) is 30.1 Å². The first-order valence-corrected chi connectivity index (χ1v) is 7.56. The zero-order valence-corrected chi connectivity index (χ0v) is 13.2. The summed E-state index contributed by atoms with van der Waals surface area (Å²) in [6.45, 7) is 1.53. The number of allylic oxidation sites excluding steroid dienone is 4. The summed E-state index contributed by atoms with van der Waals surface area (Å²) in [5.74, 6) is 1.27. The van der Waals surface area contributed by atoms with Gasteiger partial charge in [-0.1, -0.05) is 12.2 Å². The summed E-state index contributed by atoms with van der Waals surface area (Å²) in [5, 5.41) is 7.74. The first-order chi connectivity index (χ1) is 11.2. The molecule has 0 aliphatic heterocycles. The van der Waals surface area contributed by atoms with Gasteiger partial charge in [-0.25, -0.2) is 4.68 Å². The van der Waals surface area contributed by atoms with Crippen LogP contribution in [0.15, 0.2) is 48.7 Å². The molecule has 2 aromatic rings.